The van der Waals surface area contributed by atoms with Crippen molar-refractivity contribution in [3.8, 4) is 17.0 Å². The first-order chi connectivity index (χ1) is 15.2. The highest BCUT2D eigenvalue weighted by Gasteiger charge is 2.17. The zero-order chi connectivity index (χ0) is 23.3. The minimum Gasteiger partial charge on any atom is -0.490 e. The van der Waals surface area contributed by atoms with Crippen LogP contribution < -0.4 is 10.1 Å². The summed E-state index contributed by atoms with van der Waals surface area (Å²) >= 11 is 6.54. The van der Waals surface area contributed by atoms with Crippen LogP contribution in [0.4, 0.5) is 0 Å². The third-order valence-electron chi connectivity index (χ3n) is 5.43. The Balaban J connectivity index is 1.80. The molecule has 0 aliphatic carbocycles. The number of halogens is 1. The van der Waals surface area contributed by atoms with Crippen LogP contribution in [0, 0.1) is 6.92 Å². The van der Waals surface area contributed by atoms with Gasteiger partial charge in [-0.05, 0) is 68.6 Å². The van der Waals surface area contributed by atoms with Crippen molar-refractivity contribution >= 4 is 17.9 Å². The number of aliphatic hydroxyl groups is 1. The molecule has 1 aromatic heterocycles. The van der Waals surface area contributed by atoms with Gasteiger partial charge in [-0.25, -0.2) is 0 Å². The SMILES string of the molecule is CNCCOc1c(C=O)cc(Cc2ccc(-c3ccc(C(C)(C)O)cc3)nc2)c(C)c1Cl. The summed E-state index contributed by atoms with van der Waals surface area (Å²) in [5.41, 5.74) is 5.13. The molecule has 32 heavy (non-hydrogen) atoms. The third kappa shape index (κ3) is 5.54. The summed E-state index contributed by atoms with van der Waals surface area (Å²) in [5, 5.41) is 13.6. The molecule has 6 heteroatoms. The Morgan fingerprint density at radius 1 is 1.19 bits per heavy atom. The van der Waals surface area contributed by atoms with Crippen LogP contribution in [0.15, 0.2) is 48.7 Å². The average molecular weight is 453 g/mol. The van der Waals surface area contributed by atoms with Crippen LogP contribution in [0.2, 0.25) is 5.02 Å². The van der Waals surface area contributed by atoms with Crippen LogP contribution in [0.3, 0.4) is 0 Å². The van der Waals surface area contributed by atoms with Crippen LogP contribution in [0.1, 0.15) is 46.5 Å². The molecule has 0 aliphatic heterocycles. The summed E-state index contributed by atoms with van der Waals surface area (Å²) in [5.74, 6) is 0.432. The molecule has 0 atom stereocenters. The van der Waals surface area contributed by atoms with Gasteiger partial charge in [-0.3, -0.25) is 9.78 Å². The molecule has 2 N–H and O–H groups in total. The number of hydrogen-bond donors (Lipinski definition) is 2. The first kappa shape index (κ1) is 23.9. The van der Waals surface area contributed by atoms with Crippen LogP contribution in [0.5, 0.6) is 5.75 Å². The number of nitrogens with one attached hydrogen (secondary N) is 1. The van der Waals surface area contributed by atoms with E-state index >= 15 is 0 Å². The normalized spacial score (nSPS) is 11.4. The average Bonchev–Trinajstić information content (AvgIpc) is 2.78. The van der Waals surface area contributed by atoms with Crippen molar-refractivity contribution in [2.75, 3.05) is 20.2 Å². The molecular weight excluding hydrogens is 424 g/mol. The first-order valence-corrected chi connectivity index (χ1v) is 10.9. The smallest absolute Gasteiger partial charge is 0.153 e. The lowest BCUT2D eigenvalue weighted by Gasteiger charge is -2.18. The van der Waals surface area contributed by atoms with Crippen molar-refractivity contribution in [1.29, 1.82) is 0 Å². The van der Waals surface area contributed by atoms with Crippen molar-refractivity contribution < 1.29 is 14.6 Å². The topological polar surface area (TPSA) is 71.5 Å². The molecule has 0 fully saturated rings. The molecule has 3 rings (SSSR count). The van der Waals surface area contributed by atoms with Gasteiger partial charge in [0.25, 0.3) is 0 Å². The van der Waals surface area contributed by atoms with Crippen molar-refractivity contribution in [2.24, 2.45) is 0 Å². The Labute approximate surface area is 194 Å². The second-order valence-electron chi connectivity index (χ2n) is 8.33. The molecule has 5 nitrogen and oxygen atoms in total. The maximum Gasteiger partial charge on any atom is 0.153 e. The number of benzene rings is 2. The zero-order valence-corrected chi connectivity index (χ0v) is 19.7. The Kier molecular flexibility index (Phi) is 7.67. The van der Waals surface area contributed by atoms with E-state index in [-0.39, 0.29) is 0 Å². The Bertz CT molecular complexity index is 1070. The Morgan fingerprint density at radius 2 is 1.91 bits per heavy atom. The summed E-state index contributed by atoms with van der Waals surface area (Å²) in [6.45, 7) is 6.55. The number of pyridine rings is 1. The van der Waals surface area contributed by atoms with Gasteiger partial charge >= 0.3 is 0 Å². The molecule has 168 valence electrons. The monoisotopic (exact) mass is 452 g/mol. The number of rotatable bonds is 9. The molecule has 3 aromatic rings. The minimum absolute atomic E-state index is 0.429. The number of carbonyl (C=O) groups is 1. The van der Waals surface area contributed by atoms with E-state index in [0.717, 1.165) is 39.8 Å². The second kappa shape index (κ2) is 10.3. The van der Waals surface area contributed by atoms with Crippen LogP contribution >= 0.6 is 11.6 Å². The zero-order valence-electron chi connectivity index (χ0n) is 18.9. The predicted octanol–water partition coefficient (Wildman–Crippen LogP) is 4.94. The lowest BCUT2D eigenvalue weighted by atomic mass is 9.96. The number of hydrogen-bond acceptors (Lipinski definition) is 5. The molecule has 0 saturated heterocycles. The van der Waals surface area contributed by atoms with Crippen LogP contribution in [-0.4, -0.2) is 36.6 Å². The molecular formula is C26H29ClN2O3. The molecule has 0 amide bonds. The van der Waals surface area contributed by atoms with E-state index in [1.807, 2.05) is 62.6 Å². The summed E-state index contributed by atoms with van der Waals surface area (Å²) in [4.78, 5) is 16.2. The van der Waals surface area contributed by atoms with E-state index in [0.29, 0.717) is 35.9 Å². The number of nitrogens with zero attached hydrogens (tertiary/aromatic N) is 1. The number of likely N-dealkylation sites (N-methyl/N-ethyl adjacent to an activating group) is 1. The Hall–Kier alpha value is -2.73. The lowest BCUT2D eigenvalue weighted by molar-refractivity contribution is 0.0786. The lowest BCUT2D eigenvalue weighted by Crippen LogP contribution is -2.17. The van der Waals surface area contributed by atoms with Crippen LogP contribution in [-0.2, 0) is 12.0 Å². The van der Waals surface area contributed by atoms with Crippen molar-refractivity contribution in [1.82, 2.24) is 10.3 Å². The molecule has 2 aromatic carbocycles. The standard InChI is InChI=1S/C26H29ClN2O3/c1-17-20(14-21(16-30)25(24(17)27)32-12-11-28-4)13-18-5-10-23(29-15-18)19-6-8-22(9-7-19)26(2,3)31/h5-10,14-16,28,31H,11-13H2,1-4H3. The van der Waals surface area contributed by atoms with Gasteiger partial charge in [-0.1, -0.05) is 41.9 Å². The molecule has 0 spiro atoms. The fourth-order valence-electron chi connectivity index (χ4n) is 3.44. The van der Waals surface area contributed by atoms with E-state index in [4.69, 9.17) is 16.3 Å². The quantitative estimate of drug-likeness (QED) is 0.355. The van der Waals surface area contributed by atoms with Gasteiger partial charge in [0.15, 0.2) is 6.29 Å². The highest BCUT2D eigenvalue weighted by atomic mass is 35.5. The predicted molar refractivity (Wildman–Crippen MR) is 129 cm³/mol. The summed E-state index contributed by atoms with van der Waals surface area (Å²) < 4.78 is 5.73. The van der Waals surface area contributed by atoms with E-state index < -0.39 is 5.60 Å². The van der Waals surface area contributed by atoms with Gasteiger partial charge in [-0.15, -0.1) is 0 Å². The maximum atomic E-state index is 11.6. The first-order valence-electron chi connectivity index (χ1n) is 10.6. The second-order valence-corrected chi connectivity index (χ2v) is 8.71. The van der Waals surface area contributed by atoms with Gasteiger partial charge in [0.05, 0.1) is 21.9 Å². The number of carbonyl (C=O) groups excluding carboxylic acids is 1. The molecule has 0 unspecified atom stereocenters. The molecule has 1 heterocycles. The van der Waals surface area contributed by atoms with Gasteiger partial charge in [0.1, 0.15) is 12.4 Å². The van der Waals surface area contributed by atoms with E-state index in [1.165, 1.54) is 0 Å². The number of ether oxygens (including phenoxy) is 1. The maximum absolute atomic E-state index is 11.6. The van der Waals surface area contributed by atoms with Crippen molar-refractivity contribution in [3.63, 3.8) is 0 Å². The van der Waals surface area contributed by atoms with E-state index in [1.54, 1.807) is 13.8 Å². The largest absolute Gasteiger partial charge is 0.490 e. The number of aldehydes is 1. The fraction of sp³-hybridized carbons (Fsp3) is 0.308. The van der Waals surface area contributed by atoms with Gasteiger partial charge in [-0.2, -0.15) is 0 Å². The van der Waals surface area contributed by atoms with Gasteiger partial charge in [0.2, 0.25) is 0 Å². The minimum atomic E-state index is -0.872. The number of aromatic nitrogens is 1. The fourth-order valence-corrected chi connectivity index (χ4v) is 3.73. The Morgan fingerprint density at radius 3 is 2.47 bits per heavy atom. The van der Waals surface area contributed by atoms with E-state index in [9.17, 15) is 9.90 Å². The van der Waals surface area contributed by atoms with Crippen LogP contribution in [0.25, 0.3) is 11.3 Å². The highest BCUT2D eigenvalue weighted by molar-refractivity contribution is 6.33. The molecule has 0 radical (unpaired) electrons. The molecule has 0 aliphatic rings. The van der Waals surface area contributed by atoms with E-state index in [2.05, 4.69) is 10.3 Å². The summed E-state index contributed by atoms with van der Waals surface area (Å²) in [6, 6.07) is 13.6. The van der Waals surface area contributed by atoms with Gasteiger partial charge < -0.3 is 15.2 Å². The van der Waals surface area contributed by atoms with Gasteiger partial charge in [0, 0.05) is 18.3 Å². The van der Waals surface area contributed by atoms with Crippen molar-refractivity contribution in [2.45, 2.75) is 32.8 Å². The third-order valence-corrected chi connectivity index (χ3v) is 5.89. The van der Waals surface area contributed by atoms with Crippen molar-refractivity contribution in [3.05, 3.63) is 81.5 Å². The summed E-state index contributed by atoms with van der Waals surface area (Å²) in [6.07, 6.45) is 3.22. The summed E-state index contributed by atoms with van der Waals surface area (Å²) in [7, 11) is 1.84. The highest BCUT2D eigenvalue weighted by Crippen LogP contribution is 2.34. The molecule has 0 bridgehead atoms. The molecule has 0 saturated carbocycles.